The van der Waals surface area contributed by atoms with Crippen LogP contribution in [0.15, 0.2) is 61.1 Å². The van der Waals surface area contributed by atoms with Crippen molar-refractivity contribution in [3.8, 4) is 6.07 Å². The SMILES string of the molecule is N#Cc1ccc2c(c1)CN(S(=O)(=O)N1CCCCC1)C(Cc1ccccc1)CN2Cc1cnc[nH]1. The number of nitrogens with zero attached hydrogens (tertiary/aromatic N) is 5. The molecule has 0 saturated carbocycles. The number of hydrogen-bond donors (Lipinski definition) is 1. The summed E-state index contributed by atoms with van der Waals surface area (Å²) in [5.41, 5.74) is 4.38. The molecular formula is C26H30N6O2S. The lowest BCUT2D eigenvalue weighted by Gasteiger charge is -2.36. The van der Waals surface area contributed by atoms with Gasteiger partial charge in [-0.15, -0.1) is 0 Å². The van der Waals surface area contributed by atoms with E-state index in [-0.39, 0.29) is 12.6 Å². The molecule has 3 aromatic rings. The Balaban J connectivity index is 1.58. The van der Waals surface area contributed by atoms with Gasteiger partial charge in [-0.05, 0) is 48.6 Å². The fraction of sp³-hybridized carbons (Fsp3) is 0.385. The highest BCUT2D eigenvalue weighted by molar-refractivity contribution is 7.86. The molecule has 0 amide bonds. The smallest absolute Gasteiger partial charge is 0.282 e. The third-order valence-corrected chi connectivity index (χ3v) is 8.92. The molecule has 0 aliphatic carbocycles. The first kappa shape index (κ1) is 23.5. The number of nitriles is 1. The maximum Gasteiger partial charge on any atom is 0.282 e. The molecule has 9 heteroatoms. The molecule has 182 valence electrons. The Morgan fingerprint density at radius 1 is 1.09 bits per heavy atom. The first-order valence-corrected chi connectivity index (χ1v) is 13.5. The van der Waals surface area contributed by atoms with E-state index in [0.717, 1.165) is 41.8 Å². The summed E-state index contributed by atoms with van der Waals surface area (Å²) in [5.74, 6) is 0. The van der Waals surface area contributed by atoms with Crippen LogP contribution in [0.4, 0.5) is 5.69 Å². The topological polar surface area (TPSA) is 96.3 Å². The Labute approximate surface area is 207 Å². The molecule has 2 aliphatic rings. The monoisotopic (exact) mass is 490 g/mol. The van der Waals surface area contributed by atoms with Gasteiger partial charge in [-0.2, -0.15) is 22.3 Å². The average Bonchev–Trinajstić information content (AvgIpc) is 3.35. The number of fused-ring (bicyclic) bond motifs is 1. The summed E-state index contributed by atoms with van der Waals surface area (Å²) in [6, 6.07) is 17.6. The molecule has 35 heavy (non-hydrogen) atoms. The van der Waals surface area contributed by atoms with Gasteiger partial charge in [0.1, 0.15) is 0 Å². The van der Waals surface area contributed by atoms with E-state index in [1.165, 1.54) is 0 Å². The highest BCUT2D eigenvalue weighted by atomic mass is 32.2. The van der Waals surface area contributed by atoms with Crippen LogP contribution >= 0.6 is 0 Å². The van der Waals surface area contributed by atoms with Crippen molar-refractivity contribution in [2.75, 3.05) is 24.5 Å². The Kier molecular flexibility index (Phi) is 6.86. The minimum absolute atomic E-state index is 0.237. The lowest BCUT2D eigenvalue weighted by Crippen LogP contribution is -2.52. The number of rotatable bonds is 6. The minimum atomic E-state index is -3.69. The van der Waals surface area contributed by atoms with Crippen LogP contribution in [0.25, 0.3) is 0 Å². The number of nitrogens with one attached hydrogen (secondary N) is 1. The summed E-state index contributed by atoms with van der Waals surface area (Å²) < 4.78 is 31.4. The van der Waals surface area contributed by atoms with Gasteiger partial charge in [0.15, 0.2) is 0 Å². The molecule has 5 rings (SSSR count). The van der Waals surface area contributed by atoms with E-state index >= 15 is 0 Å². The van der Waals surface area contributed by atoms with Crippen molar-refractivity contribution < 1.29 is 8.42 Å². The van der Waals surface area contributed by atoms with Crippen LogP contribution in [0.5, 0.6) is 0 Å². The second-order valence-electron chi connectivity index (χ2n) is 9.27. The van der Waals surface area contributed by atoms with E-state index in [4.69, 9.17) is 0 Å². The van der Waals surface area contributed by atoms with Crippen molar-refractivity contribution in [1.29, 1.82) is 5.26 Å². The van der Waals surface area contributed by atoms with Crippen molar-refractivity contribution in [3.63, 3.8) is 0 Å². The highest BCUT2D eigenvalue weighted by Crippen LogP contribution is 2.33. The third kappa shape index (κ3) is 5.10. The van der Waals surface area contributed by atoms with Crippen molar-refractivity contribution in [3.05, 3.63) is 83.4 Å². The van der Waals surface area contributed by atoms with Gasteiger partial charge in [-0.3, -0.25) is 0 Å². The maximum atomic E-state index is 14.0. The number of H-pyrrole nitrogens is 1. The van der Waals surface area contributed by atoms with Crippen LogP contribution in [-0.4, -0.2) is 52.7 Å². The number of benzene rings is 2. The van der Waals surface area contributed by atoms with Crippen LogP contribution in [-0.2, 0) is 29.7 Å². The van der Waals surface area contributed by atoms with Crippen molar-refractivity contribution in [2.45, 2.75) is 44.8 Å². The fourth-order valence-electron chi connectivity index (χ4n) is 5.12. The number of imidazole rings is 1. The van der Waals surface area contributed by atoms with E-state index in [0.29, 0.717) is 38.2 Å². The molecule has 1 aromatic heterocycles. The predicted molar refractivity (Wildman–Crippen MR) is 135 cm³/mol. The maximum absolute atomic E-state index is 14.0. The first-order valence-electron chi connectivity index (χ1n) is 12.1. The largest absolute Gasteiger partial charge is 0.364 e. The van der Waals surface area contributed by atoms with Gasteiger partial charge in [0.2, 0.25) is 0 Å². The van der Waals surface area contributed by atoms with Crippen LogP contribution in [0.3, 0.4) is 0 Å². The molecule has 2 aliphatic heterocycles. The number of piperidine rings is 1. The van der Waals surface area contributed by atoms with Gasteiger partial charge < -0.3 is 9.88 Å². The zero-order valence-electron chi connectivity index (χ0n) is 19.7. The fourth-order valence-corrected chi connectivity index (χ4v) is 6.96. The number of aromatic amines is 1. The van der Waals surface area contributed by atoms with E-state index in [1.54, 1.807) is 27.2 Å². The molecule has 1 unspecified atom stereocenters. The van der Waals surface area contributed by atoms with Crippen LogP contribution in [0.2, 0.25) is 0 Å². The molecule has 1 fully saturated rings. The number of hydrogen-bond acceptors (Lipinski definition) is 5. The zero-order chi connectivity index (χ0) is 24.3. The molecular weight excluding hydrogens is 460 g/mol. The van der Waals surface area contributed by atoms with Gasteiger partial charge in [-0.1, -0.05) is 36.8 Å². The minimum Gasteiger partial charge on any atom is -0.364 e. The molecule has 3 heterocycles. The quantitative estimate of drug-likeness (QED) is 0.571. The zero-order valence-corrected chi connectivity index (χ0v) is 20.5. The Hall–Kier alpha value is -3.19. The average molecular weight is 491 g/mol. The van der Waals surface area contributed by atoms with Crippen LogP contribution in [0, 0.1) is 11.3 Å². The standard InChI is InChI=1S/C26H30N6O2S/c27-15-22-9-10-26-23(13-22)17-32(35(33,34)31-11-5-2-6-12-31)25(14-21-7-3-1-4-8-21)19-30(26)18-24-16-28-20-29-24/h1,3-4,7-10,13,16,20,25H,2,5-6,11-12,14,17-19H2,(H,28,29). The van der Waals surface area contributed by atoms with Crippen LogP contribution in [0.1, 0.15) is 41.6 Å². The van der Waals surface area contributed by atoms with E-state index in [2.05, 4.69) is 33.1 Å². The van der Waals surface area contributed by atoms with Crippen LogP contribution < -0.4 is 4.90 Å². The van der Waals surface area contributed by atoms with Gasteiger partial charge in [0.05, 0.1) is 30.2 Å². The molecule has 1 N–H and O–H groups in total. The summed E-state index contributed by atoms with van der Waals surface area (Å²) in [5, 5.41) is 9.54. The summed E-state index contributed by atoms with van der Waals surface area (Å²) in [6.07, 6.45) is 6.89. The van der Waals surface area contributed by atoms with E-state index in [9.17, 15) is 13.7 Å². The first-order chi connectivity index (χ1) is 17.0. The van der Waals surface area contributed by atoms with Crippen molar-refractivity contribution >= 4 is 15.9 Å². The predicted octanol–water partition coefficient (Wildman–Crippen LogP) is 3.45. The second-order valence-corrected chi connectivity index (χ2v) is 11.2. The van der Waals surface area contributed by atoms with Gasteiger partial charge in [0, 0.05) is 44.1 Å². The van der Waals surface area contributed by atoms with Gasteiger partial charge in [-0.25, -0.2) is 4.98 Å². The molecule has 0 radical (unpaired) electrons. The van der Waals surface area contributed by atoms with E-state index in [1.807, 2.05) is 30.3 Å². The second kappa shape index (κ2) is 10.2. The van der Waals surface area contributed by atoms with E-state index < -0.39 is 10.2 Å². The molecule has 0 spiro atoms. The lowest BCUT2D eigenvalue weighted by atomic mass is 10.1. The summed E-state index contributed by atoms with van der Waals surface area (Å²) in [7, 11) is -3.69. The highest BCUT2D eigenvalue weighted by Gasteiger charge is 2.39. The third-order valence-electron chi connectivity index (χ3n) is 6.88. The van der Waals surface area contributed by atoms with Crippen molar-refractivity contribution in [2.24, 2.45) is 0 Å². The summed E-state index contributed by atoms with van der Waals surface area (Å²) >= 11 is 0. The number of anilines is 1. The molecule has 8 nitrogen and oxygen atoms in total. The molecule has 0 bridgehead atoms. The number of aromatic nitrogens is 2. The molecule has 1 saturated heterocycles. The Bertz CT molecular complexity index is 1280. The Morgan fingerprint density at radius 2 is 1.89 bits per heavy atom. The lowest BCUT2D eigenvalue weighted by molar-refractivity contribution is 0.264. The summed E-state index contributed by atoms with van der Waals surface area (Å²) in [6.45, 7) is 2.45. The van der Waals surface area contributed by atoms with Crippen molar-refractivity contribution in [1.82, 2.24) is 18.6 Å². The van der Waals surface area contributed by atoms with Gasteiger partial charge >= 0.3 is 0 Å². The van der Waals surface area contributed by atoms with Gasteiger partial charge in [0.25, 0.3) is 10.2 Å². The molecule has 2 aromatic carbocycles. The molecule has 1 atom stereocenters. The summed E-state index contributed by atoms with van der Waals surface area (Å²) in [4.78, 5) is 9.54. The normalized spacial score (nSPS) is 19.6. The Morgan fingerprint density at radius 3 is 2.60 bits per heavy atom.